The molecule has 0 amide bonds. The van der Waals surface area contributed by atoms with Crippen molar-refractivity contribution in [2.45, 2.75) is 46.8 Å². The lowest BCUT2D eigenvalue weighted by molar-refractivity contribution is -0.376. The molecule has 2 fully saturated rings. The van der Waals surface area contributed by atoms with Gasteiger partial charge in [0.25, 0.3) is 5.60 Å². The number of hydrogen-bond acceptors (Lipinski definition) is 7. The summed E-state index contributed by atoms with van der Waals surface area (Å²) < 4.78 is 114. The molecule has 0 aromatic heterocycles. The van der Waals surface area contributed by atoms with Crippen molar-refractivity contribution in [2.75, 3.05) is 50.8 Å². The van der Waals surface area contributed by atoms with Crippen molar-refractivity contribution in [3.8, 4) is 0 Å². The smallest absolute Gasteiger partial charge is 0.379 e. The number of morpholine rings is 1. The normalized spacial score (nSPS) is 22.5. The Labute approximate surface area is 233 Å². The van der Waals surface area contributed by atoms with Gasteiger partial charge >= 0.3 is 12.4 Å². The number of aliphatic hydroxyl groups is 1. The van der Waals surface area contributed by atoms with Crippen molar-refractivity contribution < 1.29 is 44.6 Å². The summed E-state index contributed by atoms with van der Waals surface area (Å²) in [5.74, 6) is 0. The molecule has 0 aliphatic carbocycles. The molecule has 2 saturated heterocycles. The average molecular weight is 614 g/mol. The molecule has 1 N–H and O–H groups in total. The zero-order valence-electron chi connectivity index (χ0n) is 21.4. The van der Waals surface area contributed by atoms with E-state index in [-0.39, 0.29) is 35.5 Å². The second-order valence-electron chi connectivity index (χ2n) is 9.85. The van der Waals surface area contributed by atoms with Gasteiger partial charge in [-0.25, -0.2) is 8.42 Å². The van der Waals surface area contributed by atoms with Crippen LogP contribution in [0.1, 0.15) is 12.5 Å². The van der Waals surface area contributed by atoms with E-state index < -0.39 is 39.6 Å². The number of sulfonamides is 1. The molecule has 222 valence electrons. The summed E-state index contributed by atoms with van der Waals surface area (Å²) in [6.07, 6.45) is -12.0. The Hall–Kier alpha value is -2.04. The van der Waals surface area contributed by atoms with Crippen molar-refractivity contribution in [1.29, 1.82) is 0 Å². The fraction of sp³-hybridized carbons (Fsp3) is 0.520. The van der Waals surface area contributed by atoms with E-state index in [0.717, 1.165) is 12.1 Å². The lowest BCUT2D eigenvalue weighted by Crippen LogP contribution is -2.60. The van der Waals surface area contributed by atoms with E-state index >= 15 is 0 Å². The molecule has 0 radical (unpaired) electrons. The second kappa shape index (κ2) is 11.3. The van der Waals surface area contributed by atoms with Gasteiger partial charge in [0.2, 0.25) is 10.0 Å². The molecule has 0 bridgehead atoms. The van der Waals surface area contributed by atoms with Gasteiger partial charge in [0.15, 0.2) is 0 Å². The first-order valence-corrected chi connectivity index (χ1v) is 14.3. The molecule has 2 atom stereocenters. The highest BCUT2D eigenvalue weighted by Gasteiger charge is 2.71. The lowest BCUT2D eigenvalue weighted by Gasteiger charge is -2.45. The molecule has 2 aliphatic rings. The van der Waals surface area contributed by atoms with Gasteiger partial charge in [-0.1, -0.05) is 24.3 Å². The van der Waals surface area contributed by atoms with Gasteiger partial charge in [0, 0.05) is 54.9 Å². The molecule has 2 aliphatic heterocycles. The third kappa shape index (κ3) is 5.81. The Balaban J connectivity index is 1.66. The Morgan fingerprint density at radius 1 is 0.975 bits per heavy atom. The van der Waals surface area contributed by atoms with Gasteiger partial charge in [0.1, 0.15) is 0 Å². The largest absolute Gasteiger partial charge is 0.430 e. The van der Waals surface area contributed by atoms with Crippen LogP contribution in [-0.2, 0) is 20.4 Å². The molecule has 4 rings (SSSR count). The number of thiol groups is 1. The van der Waals surface area contributed by atoms with Crippen LogP contribution >= 0.6 is 12.6 Å². The predicted octanol–water partition coefficient (Wildman–Crippen LogP) is 3.89. The number of alkyl halides is 6. The first kappa shape index (κ1) is 30.9. The number of benzene rings is 2. The van der Waals surface area contributed by atoms with E-state index in [1.807, 2.05) is 6.92 Å². The molecule has 2 aromatic rings. The van der Waals surface area contributed by atoms with E-state index in [1.165, 1.54) is 10.4 Å². The fourth-order valence-corrected chi connectivity index (χ4v) is 7.10. The molecule has 2 aromatic carbocycles. The summed E-state index contributed by atoms with van der Waals surface area (Å²) in [5, 5.41) is 9.75. The van der Waals surface area contributed by atoms with Crippen molar-refractivity contribution >= 4 is 28.3 Å². The second-order valence-corrected chi connectivity index (χ2v) is 12.2. The van der Waals surface area contributed by atoms with E-state index in [1.54, 1.807) is 23.1 Å². The van der Waals surface area contributed by atoms with Gasteiger partial charge in [-0.05, 0) is 31.2 Å². The summed E-state index contributed by atoms with van der Waals surface area (Å²) in [5.41, 5.74) is -6.09. The maximum atomic E-state index is 13.5. The third-order valence-corrected chi connectivity index (χ3v) is 9.78. The quantitative estimate of drug-likeness (QED) is 0.381. The van der Waals surface area contributed by atoms with E-state index in [0.29, 0.717) is 44.1 Å². The zero-order chi connectivity index (χ0) is 29.5. The molecule has 40 heavy (non-hydrogen) atoms. The number of hydrogen-bond donors (Lipinski definition) is 2. The van der Waals surface area contributed by atoms with Gasteiger partial charge in [-0.2, -0.15) is 30.6 Å². The maximum absolute atomic E-state index is 13.5. The first-order valence-electron chi connectivity index (χ1n) is 12.4. The Kier molecular flexibility index (Phi) is 8.75. The molecule has 0 unspecified atom stereocenters. The highest BCUT2D eigenvalue weighted by atomic mass is 32.2. The van der Waals surface area contributed by atoms with Gasteiger partial charge in [-0.15, -0.1) is 12.6 Å². The van der Waals surface area contributed by atoms with Crippen molar-refractivity contribution in [3.63, 3.8) is 0 Å². The number of nitrogens with zero attached hydrogens (tertiary/aromatic N) is 3. The molecule has 7 nitrogen and oxygen atoms in total. The van der Waals surface area contributed by atoms with Gasteiger partial charge < -0.3 is 14.7 Å². The molecule has 0 saturated carbocycles. The topological polar surface area (TPSA) is 73.3 Å². The minimum absolute atomic E-state index is 0.0108. The summed E-state index contributed by atoms with van der Waals surface area (Å²) >= 11 is 4.28. The summed E-state index contributed by atoms with van der Waals surface area (Å²) in [6.45, 7) is 3.98. The van der Waals surface area contributed by atoms with Gasteiger partial charge in [0.05, 0.1) is 24.2 Å². The maximum Gasteiger partial charge on any atom is 0.430 e. The Bertz CT molecular complexity index is 1280. The van der Waals surface area contributed by atoms with Crippen LogP contribution in [0.3, 0.4) is 0 Å². The highest BCUT2D eigenvalue weighted by molar-refractivity contribution is 7.90. The summed E-state index contributed by atoms with van der Waals surface area (Å²) in [6, 6.07) is 9.14. The van der Waals surface area contributed by atoms with Crippen LogP contribution in [0, 0.1) is 0 Å². The highest BCUT2D eigenvalue weighted by Crippen LogP contribution is 2.50. The summed E-state index contributed by atoms with van der Waals surface area (Å²) in [4.78, 5) is 4.18. The minimum atomic E-state index is -5.99. The zero-order valence-corrected chi connectivity index (χ0v) is 23.1. The number of ether oxygens (including phenoxy) is 1. The van der Waals surface area contributed by atoms with Crippen LogP contribution in [0.5, 0.6) is 0 Å². The molecule has 2 heterocycles. The monoisotopic (exact) mass is 613 g/mol. The van der Waals surface area contributed by atoms with E-state index in [4.69, 9.17) is 4.74 Å². The fourth-order valence-electron chi connectivity index (χ4n) is 5.04. The Morgan fingerprint density at radius 2 is 1.60 bits per heavy atom. The Morgan fingerprint density at radius 3 is 2.17 bits per heavy atom. The number of anilines is 1. The van der Waals surface area contributed by atoms with Crippen LogP contribution < -0.4 is 4.90 Å². The van der Waals surface area contributed by atoms with Crippen LogP contribution in [-0.4, -0.2) is 93.1 Å². The lowest BCUT2D eigenvalue weighted by atomic mass is 9.92. The van der Waals surface area contributed by atoms with E-state index in [9.17, 15) is 39.9 Å². The average Bonchev–Trinajstić information content (AvgIpc) is 2.88. The first-order chi connectivity index (χ1) is 18.6. The molecular formula is C25H29F6N3O4S2. The third-order valence-electron chi connectivity index (χ3n) is 7.32. The van der Waals surface area contributed by atoms with Crippen molar-refractivity contribution in [3.05, 3.63) is 54.1 Å². The number of piperazine rings is 1. The molecular weight excluding hydrogens is 584 g/mol. The minimum Gasteiger partial charge on any atom is -0.379 e. The molecule has 15 heteroatoms. The van der Waals surface area contributed by atoms with Crippen LogP contribution in [0.2, 0.25) is 0 Å². The summed E-state index contributed by atoms with van der Waals surface area (Å²) in [7, 11) is -3.94. The van der Waals surface area contributed by atoms with Crippen LogP contribution in [0.15, 0.2) is 58.3 Å². The van der Waals surface area contributed by atoms with Crippen LogP contribution in [0.25, 0.3) is 0 Å². The van der Waals surface area contributed by atoms with Gasteiger partial charge in [-0.3, -0.25) is 4.90 Å². The van der Waals surface area contributed by atoms with Crippen LogP contribution in [0.4, 0.5) is 32.0 Å². The SMILES string of the molecule is C[C@H]1COCCN1C[C@H]1CN(S(=O)(=O)c2ccccc2S)CCN1c1ccc(C(O)(C(F)(F)F)C(F)(F)F)cc1. The predicted molar refractivity (Wildman–Crippen MR) is 138 cm³/mol. The van der Waals surface area contributed by atoms with Crippen molar-refractivity contribution in [1.82, 2.24) is 9.21 Å². The van der Waals surface area contributed by atoms with E-state index in [2.05, 4.69) is 17.5 Å². The molecule has 0 spiro atoms. The standard InChI is InChI=1S/C25H29F6N3O4S2/c1-17-16-38-13-12-32(17)14-20-15-33(40(36,37)22-5-3-2-4-21(22)39)10-11-34(20)19-8-6-18(7-9-19)23(35,24(26,27)28)25(29,30)31/h2-9,17,20,35,39H,10-16H2,1H3/t17-,20-/m0/s1. The number of halogens is 6. The number of rotatable bonds is 6. The van der Waals surface area contributed by atoms with Crippen molar-refractivity contribution in [2.24, 2.45) is 0 Å².